The highest BCUT2D eigenvalue weighted by molar-refractivity contribution is 8.54. The average molecular weight is 1240 g/mol. The molecule has 10 atom stereocenters. The van der Waals surface area contributed by atoms with Crippen molar-refractivity contribution in [3.63, 3.8) is 0 Å². The molecule has 0 radical (unpaired) electrons. The van der Waals surface area contributed by atoms with Gasteiger partial charge in [0.2, 0.25) is 17.7 Å². The Bertz CT molecular complexity index is 3960. The molecule has 8 aromatic rings. The van der Waals surface area contributed by atoms with E-state index in [-0.39, 0.29) is 64.5 Å². The normalized spacial score (nSPS) is 25.6. The lowest BCUT2D eigenvalue weighted by molar-refractivity contribution is -0.124. The van der Waals surface area contributed by atoms with Crippen LogP contribution in [0.1, 0.15) is 62.6 Å². The third kappa shape index (κ3) is 12.0. The molecule has 2 unspecified atom stereocenters. The minimum atomic E-state index is -4.57. The highest BCUT2D eigenvalue weighted by Gasteiger charge is 2.55. The largest absolute Gasteiger partial charge is 0.389 e. The molecule has 12 rings (SSSR count). The first-order valence-corrected chi connectivity index (χ1v) is 32.7. The Kier molecular flexibility index (Phi) is 16.8. The molecule has 0 saturated carbocycles. The Morgan fingerprint density at radius 3 is 2.06 bits per heavy atom. The van der Waals surface area contributed by atoms with Gasteiger partial charge < -0.3 is 45.5 Å². The number of hydrogen-bond donors (Lipinski definition) is 4. The van der Waals surface area contributed by atoms with Gasteiger partial charge in [0.05, 0.1) is 50.3 Å². The topological polar surface area (TPSA) is 338 Å². The zero-order valence-corrected chi connectivity index (χ0v) is 48.8. The molecule has 3 fully saturated rings. The van der Waals surface area contributed by atoms with E-state index in [1.165, 1.54) is 34.4 Å². The van der Waals surface area contributed by atoms with Crippen LogP contribution in [0.2, 0.25) is 0 Å². The summed E-state index contributed by atoms with van der Waals surface area (Å²) >= 11 is 0.685. The molecular formula is C53H57BF2N16O11P2S. The van der Waals surface area contributed by atoms with E-state index in [0.29, 0.717) is 61.4 Å². The molecule has 448 valence electrons. The molecule has 33 heteroatoms. The first-order valence-electron chi connectivity index (χ1n) is 27.6. The molecule has 0 bridgehead atoms. The molecule has 5 aromatic heterocycles. The van der Waals surface area contributed by atoms with Crippen molar-refractivity contribution < 1.29 is 59.9 Å². The van der Waals surface area contributed by atoms with E-state index in [4.69, 9.17) is 39.0 Å². The summed E-state index contributed by atoms with van der Waals surface area (Å²) in [4.78, 5) is 65.8. The lowest BCUT2D eigenvalue weighted by Crippen LogP contribution is -2.37. The van der Waals surface area contributed by atoms with Crippen LogP contribution >= 0.6 is 25.7 Å². The van der Waals surface area contributed by atoms with Gasteiger partial charge in [0.1, 0.15) is 53.8 Å². The molecule has 0 spiro atoms. The van der Waals surface area contributed by atoms with Gasteiger partial charge in [-0.25, -0.2) is 47.9 Å². The van der Waals surface area contributed by atoms with Gasteiger partial charge in [-0.15, -0.1) is 5.10 Å². The Morgan fingerprint density at radius 1 is 0.756 bits per heavy atom. The van der Waals surface area contributed by atoms with Gasteiger partial charge in [0.15, 0.2) is 47.7 Å². The SMILES string of the molecule is BP1(=O)OC[C@H]2O[C@@H](n3cnc4c(N)ncnc43)[C@H](F)[C@@H]2OP(=O)(SCc2ccc(NC(=O)CNC(=O)CCCCCn3nnc4c3-c3ccccc3N(C(=O)CC)Cc3ccccc3-4)cc2)OC[C@H]2O[C@@H](n3cnc4c(N)ncnc43)[C@H](F)[C@@H]2O1. The molecule has 3 aromatic carbocycles. The number of fused-ring (bicyclic) bond motifs is 9. The fraction of sp³-hybridized carbons (Fsp3) is 0.377. The van der Waals surface area contributed by atoms with Crippen LogP contribution in [0.15, 0.2) is 98.1 Å². The summed E-state index contributed by atoms with van der Waals surface area (Å²) in [7, 11) is -3.12. The molecule has 3 amide bonds. The number of alkyl halides is 2. The number of hydrogen-bond acceptors (Lipinski definition) is 22. The smallest absolute Gasteiger partial charge is 0.382 e. The van der Waals surface area contributed by atoms with E-state index in [1.807, 2.05) is 65.0 Å². The second-order valence-corrected chi connectivity index (χ2v) is 26.8. The predicted molar refractivity (Wildman–Crippen MR) is 313 cm³/mol. The second-order valence-electron chi connectivity index (χ2n) is 20.8. The lowest BCUT2D eigenvalue weighted by Gasteiger charge is -2.30. The number of nitrogens with one attached hydrogen (secondary N) is 2. The van der Waals surface area contributed by atoms with Crippen LogP contribution in [-0.4, -0.2) is 136 Å². The summed E-state index contributed by atoms with van der Waals surface area (Å²) in [6, 6.07) is 22.2. The number of carbonyl (C=O) groups is 3. The molecule has 9 heterocycles. The maximum absolute atomic E-state index is 17.0. The number of nitrogens with zero attached hydrogens (tertiary/aromatic N) is 12. The Hall–Kier alpha value is -7.60. The molecule has 86 heavy (non-hydrogen) atoms. The van der Waals surface area contributed by atoms with Gasteiger partial charge in [0, 0.05) is 42.0 Å². The van der Waals surface area contributed by atoms with Crippen LogP contribution in [0, 0.1) is 0 Å². The average Bonchev–Trinajstić information content (AvgIpc) is 1.92. The number of rotatable bonds is 15. The number of amides is 3. The standard InChI is InChI=1S/C53H57BF2N16O11P2S/c1-2-39(75)69-21-30-10-5-6-11-32(30)42-45(33-12-7-8-13-34(33)69)72(68-67-42)19-9-3-4-14-37(73)59-20-38(74)66-31-17-15-29(16-18-31)24-86-85(77)79-23-36-46(40(55)52(81-36)70-27-64-43-48(57)60-25-62-50(43)70)82-84(54,76)78-22-35-47(83-85)41(56)53(80-35)71-28-65-44-49(58)61-26-63-51(44)71/h5-8,10-13,15-18,25-28,35-36,40-41,46-47,52-53H,2-4,9,14,19-24,54H2,1H3,(H,59,73)(H,66,74)(H2,57,60,62)(H2,58,61,63)/t35-,36-,40-,41-,46-,47-,52-,53-,84?,85?/m1/s1. The van der Waals surface area contributed by atoms with Crippen molar-refractivity contribution >= 4 is 96.3 Å². The minimum Gasteiger partial charge on any atom is -0.382 e. The van der Waals surface area contributed by atoms with Crippen molar-refractivity contribution in [3.8, 4) is 22.5 Å². The number of halogens is 2. The fourth-order valence-electron chi connectivity index (χ4n) is 10.8. The number of ether oxygens (including phenoxy) is 2. The third-order valence-corrected chi connectivity index (χ3v) is 19.9. The summed E-state index contributed by atoms with van der Waals surface area (Å²) in [6.45, 7) is -3.41. The molecule has 6 N–H and O–H groups in total. The summed E-state index contributed by atoms with van der Waals surface area (Å²) in [5, 5.41) is 14.6. The fourth-order valence-corrected chi connectivity index (χ4v) is 15.3. The van der Waals surface area contributed by atoms with E-state index >= 15 is 13.3 Å². The maximum Gasteiger partial charge on any atom is 0.389 e. The van der Waals surface area contributed by atoms with Crippen LogP contribution < -0.4 is 27.0 Å². The Labute approximate surface area is 493 Å². The van der Waals surface area contributed by atoms with Crippen LogP contribution in [0.3, 0.4) is 0 Å². The molecule has 0 aliphatic carbocycles. The molecule has 27 nitrogen and oxygen atoms in total. The first kappa shape index (κ1) is 58.8. The van der Waals surface area contributed by atoms with Crippen molar-refractivity contribution in [2.75, 3.05) is 41.4 Å². The van der Waals surface area contributed by atoms with E-state index in [1.54, 1.807) is 24.3 Å². The van der Waals surface area contributed by atoms with E-state index in [2.05, 4.69) is 50.8 Å². The first-order chi connectivity index (χ1) is 41.5. The molecule has 3 saturated heterocycles. The number of nitrogens with two attached hydrogens (primary N) is 2. The number of anilines is 4. The van der Waals surface area contributed by atoms with Crippen molar-refractivity contribution in [2.24, 2.45) is 0 Å². The quantitative estimate of drug-likeness (QED) is 0.0490. The maximum atomic E-state index is 17.0. The minimum absolute atomic E-state index is 0.00569. The molecular weight excluding hydrogens is 1180 g/mol. The third-order valence-electron chi connectivity index (χ3n) is 15.0. The van der Waals surface area contributed by atoms with E-state index in [9.17, 15) is 18.9 Å². The number of unbranched alkanes of at least 4 members (excludes halogenated alkanes) is 2. The van der Waals surface area contributed by atoms with Gasteiger partial charge in [0.25, 0.3) is 15.0 Å². The van der Waals surface area contributed by atoms with Gasteiger partial charge >= 0.3 is 6.80 Å². The summed E-state index contributed by atoms with van der Waals surface area (Å²) < 4.78 is 103. The Morgan fingerprint density at radius 2 is 1.38 bits per heavy atom. The monoisotopic (exact) mass is 1240 g/mol. The predicted octanol–water partition coefficient (Wildman–Crippen LogP) is 6.40. The Balaban J connectivity index is 0.675. The van der Waals surface area contributed by atoms with Gasteiger partial charge in [-0.2, -0.15) is 0 Å². The van der Waals surface area contributed by atoms with Gasteiger partial charge in [-0.3, -0.25) is 37.1 Å². The van der Waals surface area contributed by atoms with E-state index < -0.39 is 82.6 Å². The molecule has 4 aliphatic heterocycles. The van der Waals surface area contributed by atoms with Gasteiger partial charge in [-0.05, 0) is 53.5 Å². The van der Waals surface area contributed by atoms with E-state index in [0.717, 1.165) is 41.3 Å². The summed E-state index contributed by atoms with van der Waals surface area (Å²) in [5.41, 5.74) is 18.6. The second kappa shape index (κ2) is 24.6. The van der Waals surface area contributed by atoms with Gasteiger partial charge in [-0.1, -0.05) is 73.2 Å². The lowest BCUT2D eigenvalue weighted by atomic mass is 9.95. The van der Waals surface area contributed by atoms with Crippen molar-refractivity contribution in [3.05, 3.63) is 109 Å². The van der Waals surface area contributed by atoms with Crippen LogP contribution in [0.4, 0.5) is 31.8 Å². The number of carbonyl (C=O) groups excluding carboxylic acids is 3. The highest BCUT2D eigenvalue weighted by atomic mass is 32.7. The summed E-state index contributed by atoms with van der Waals surface area (Å²) in [6.07, 6.45) is -6.06. The van der Waals surface area contributed by atoms with Crippen molar-refractivity contribution in [1.82, 2.24) is 59.3 Å². The molecule has 4 aliphatic rings. The number of nitrogen functional groups attached to an aromatic ring is 2. The van der Waals surface area contributed by atoms with Crippen LogP contribution in [-0.2, 0) is 69.9 Å². The number of aryl methyl sites for hydroxylation is 1. The number of imidazole rings is 2. The number of aromatic nitrogens is 11. The number of para-hydroxylation sites is 1. The van der Waals surface area contributed by atoms with Crippen molar-refractivity contribution in [2.45, 2.75) is 107 Å². The van der Waals surface area contributed by atoms with Crippen LogP contribution in [0.25, 0.3) is 44.8 Å². The zero-order chi connectivity index (χ0) is 59.9. The van der Waals surface area contributed by atoms with Crippen LogP contribution in [0.5, 0.6) is 0 Å². The summed E-state index contributed by atoms with van der Waals surface area (Å²) in [5.74, 6) is -0.781. The highest BCUT2D eigenvalue weighted by Crippen LogP contribution is 2.65. The van der Waals surface area contributed by atoms with Crippen molar-refractivity contribution in [1.29, 1.82) is 0 Å². The number of benzene rings is 3. The zero-order valence-electron chi connectivity index (χ0n) is 46.2.